The maximum atomic E-state index is 12.7. The van der Waals surface area contributed by atoms with Crippen LogP contribution in [-0.4, -0.2) is 70.7 Å². The van der Waals surface area contributed by atoms with E-state index in [-0.39, 0.29) is 32.2 Å². The van der Waals surface area contributed by atoms with E-state index in [1.54, 1.807) is 0 Å². The number of phosphoric ester groups is 1. The summed E-state index contributed by atoms with van der Waals surface area (Å²) in [6.45, 7) is 4.94. The lowest BCUT2D eigenvalue weighted by atomic mass is 10.1. The van der Waals surface area contributed by atoms with Crippen molar-refractivity contribution in [3.63, 3.8) is 0 Å². The average Bonchev–Trinajstić information content (AvgIpc) is 3.19. The fourth-order valence-corrected chi connectivity index (χ4v) is 5.87. The predicted octanol–water partition coefficient (Wildman–Crippen LogP) is 12.7. The third-order valence-corrected chi connectivity index (χ3v) is 9.47. The van der Waals surface area contributed by atoms with Crippen molar-refractivity contribution >= 4 is 13.8 Å². The van der Waals surface area contributed by atoms with Crippen molar-refractivity contribution in [3.8, 4) is 0 Å². The summed E-state index contributed by atoms with van der Waals surface area (Å²) in [5.74, 6) is -0.384. The third kappa shape index (κ3) is 45.8. The Labute approximate surface area is 361 Å². The van der Waals surface area contributed by atoms with E-state index < -0.39 is 13.9 Å². The molecule has 0 fully saturated rings. The molecule has 0 bridgehead atoms. The maximum absolute atomic E-state index is 12.7. The van der Waals surface area contributed by atoms with Gasteiger partial charge >= 0.3 is 5.97 Å². The fourth-order valence-electron chi connectivity index (χ4n) is 5.14. The number of hydrogen-bond acceptors (Lipinski definition) is 7. The fraction of sp³-hybridized carbons (Fsp3) is 0.580. The molecule has 2 atom stereocenters. The number of carbonyl (C=O) groups excluding carboxylic acids is 1. The van der Waals surface area contributed by atoms with Crippen LogP contribution in [0.3, 0.4) is 0 Å². The van der Waals surface area contributed by atoms with Gasteiger partial charge in [0.25, 0.3) is 7.82 Å². The van der Waals surface area contributed by atoms with Gasteiger partial charge in [-0.25, -0.2) is 0 Å². The summed E-state index contributed by atoms with van der Waals surface area (Å²) in [6, 6.07) is 0. The first-order chi connectivity index (χ1) is 28.6. The highest BCUT2D eigenvalue weighted by Crippen LogP contribution is 2.38. The van der Waals surface area contributed by atoms with Gasteiger partial charge in [0.15, 0.2) is 0 Å². The van der Waals surface area contributed by atoms with Gasteiger partial charge in [0.2, 0.25) is 0 Å². The number of carbonyl (C=O) groups is 1. The predicted molar refractivity (Wildman–Crippen MR) is 249 cm³/mol. The molecule has 9 heteroatoms. The highest BCUT2D eigenvalue weighted by molar-refractivity contribution is 7.45. The van der Waals surface area contributed by atoms with E-state index in [2.05, 4.69) is 135 Å². The molecule has 0 aliphatic heterocycles. The third-order valence-electron chi connectivity index (χ3n) is 8.51. The summed E-state index contributed by atoms with van der Waals surface area (Å²) in [7, 11) is 1.28. The van der Waals surface area contributed by atoms with Crippen molar-refractivity contribution < 1.29 is 37.3 Å². The van der Waals surface area contributed by atoms with Gasteiger partial charge in [-0.1, -0.05) is 148 Å². The molecule has 0 aromatic carbocycles. The van der Waals surface area contributed by atoms with Gasteiger partial charge in [-0.2, -0.15) is 0 Å². The summed E-state index contributed by atoms with van der Waals surface area (Å²) in [6.07, 6.45) is 59.4. The number of rotatable bonds is 39. The Kier molecular flexibility index (Phi) is 39.4. The van der Waals surface area contributed by atoms with Gasteiger partial charge in [-0.05, 0) is 96.3 Å². The molecule has 0 aromatic heterocycles. The lowest BCUT2D eigenvalue weighted by Gasteiger charge is -2.28. The van der Waals surface area contributed by atoms with Gasteiger partial charge in [0.05, 0.1) is 34.4 Å². The van der Waals surface area contributed by atoms with Crippen LogP contribution in [0.5, 0.6) is 0 Å². The molecule has 2 unspecified atom stereocenters. The van der Waals surface area contributed by atoms with Gasteiger partial charge in [-0.3, -0.25) is 9.36 Å². The van der Waals surface area contributed by atoms with Crippen LogP contribution in [0.1, 0.15) is 129 Å². The molecular formula is C50H82NO7P. The Balaban J connectivity index is 4.38. The van der Waals surface area contributed by atoms with Crippen molar-refractivity contribution in [1.29, 1.82) is 0 Å². The molecular weight excluding hydrogens is 758 g/mol. The van der Waals surface area contributed by atoms with Gasteiger partial charge in [0.1, 0.15) is 19.3 Å². The standard InChI is InChI=1S/C50H82NO7P/c1-6-8-10-12-14-16-18-20-22-23-24-25-26-27-28-29-30-31-33-35-37-39-41-43-50(52)58-49(48-57-59(53,54)56-46-44-51(3,4)5)47-55-45-42-40-38-36-34-32-21-19-17-15-13-11-9-7-2/h8-11,14-17,20-22,24-25,27-28,30-32,36,38,49H,6-7,12-13,18-19,23,26,29,33-35,37,39-48H2,1-5H3/b10-8-,11-9-,16-14-,17-15-,22-20-,25-24-,28-27-,31-30-,32-21-,38-36-. The number of likely N-dealkylation sites (N-methyl/N-ethyl adjacent to an activating group) is 1. The number of unbranched alkanes of at least 4 members (excludes halogenated alkanes) is 5. The molecule has 0 saturated heterocycles. The Morgan fingerprint density at radius 1 is 0.525 bits per heavy atom. The molecule has 8 nitrogen and oxygen atoms in total. The van der Waals surface area contributed by atoms with Crippen LogP contribution < -0.4 is 4.89 Å². The zero-order chi connectivity index (χ0) is 43.4. The summed E-state index contributed by atoms with van der Waals surface area (Å²) >= 11 is 0. The number of nitrogens with zero attached hydrogens (tertiary/aromatic N) is 1. The van der Waals surface area contributed by atoms with E-state index in [9.17, 15) is 14.3 Å². The van der Waals surface area contributed by atoms with Crippen molar-refractivity contribution in [2.24, 2.45) is 0 Å². The number of ether oxygens (including phenoxy) is 2. The maximum Gasteiger partial charge on any atom is 0.306 e. The number of hydrogen-bond donors (Lipinski definition) is 0. The smallest absolute Gasteiger partial charge is 0.306 e. The topological polar surface area (TPSA) is 94.1 Å². The summed E-state index contributed by atoms with van der Waals surface area (Å²) in [5.41, 5.74) is 0. The van der Waals surface area contributed by atoms with Crippen molar-refractivity contribution in [2.45, 2.75) is 136 Å². The van der Waals surface area contributed by atoms with E-state index in [1.807, 2.05) is 21.1 Å². The Hall–Kier alpha value is -3.10. The zero-order valence-corrected chi connectivity index (χ0v) is 38.5. The molecule has 0 aromatic rings. The average molecular weight is 840 g/mol. The first-order valence-corrected chi connectivity index (χ1v) is 23.7. The second kappa shape index (κ2) is 41.6. The van der Waals surface area contributed by atoms with Crippen LogP contribution in [0.2, 0.25) is 0 Å². The molecule has 334 valence electrons. The van der Waals surface area contributed by atoms with Crippen molar-refractivity contribution in [1.82, 2.24) is 0 Å². The number of quaternary nitrogens is 1. The quantitative estimate of drug-likeness (QED) is 0.0200. The van der Waals surface area contributed by atoms with Crippen LogP contribution in [0.25, 0.3) is 0 Å². The minimum absolute atomic E-state index is 0.00260. The van der Waals surface area contributed by atoms with Gasteiger partial charge in [0, 0.05) is 13.0 Å². The molecule has 0 aliphatic carbocycles. The minimum atomic E-state index is -4.56. The van der Waals surface area contributed by atoms with Crippen LogP contribution >= 0.6 is 7.82 Å². The van der Waals surface area contributed by atoms with E-state index in [1.165, 1.54) is 0 Å². The summed E-state index contributed by atoms with van der Waals surface area (Å²) < 4.78 is 34.5. The summed E-state index contributed by atoms with van der Waals surface area (Å²) in [4.78, 5) is 25.1. The molecule has 59 heavy (non-hydrogen) atoms. The Morgan fingerprint density at radius 2 is 0.932 bits per heavy atom. The number of allylic oxidation sites excluding steroid dienone is 20. The Morgan fingerprint density at radius 3 is 1.37 bits per heavy atom. The lowest BCUT2D eigenvalue weighted by molar-refractivity contribution is -0.870. The molecule has 0 heterocycles. The lowest BCUT2D eigenvalue weighted by Crippen LogP contribution is -2.37. The first kappa shape index (κ1) is 55.9. The van der Waals surface area contributed by atoms with E-state index in [0.29, 0.717) is 24.1 Å². The minimum Gasteiger partial charge on any atom is -0.756 e. The Bertz CT molecular complexity index is 1350. The van der Waals surface area contributed by atoms with Crippen LogP contribution in [-0.2, 0) is 27.9 Å². The highest BCUT2D eigenvalue weighted by Gasteiger charge is 2.20. The van der Waals surface area contributed by atoms with E-state index in [0.717, 1.165) is 103 Å². The van der Waals surface area contributed by atoms with E-state index >= 15 is 0 Å². The zero-order valence-electron chi connectivity index (χ0n) is 37.6. The van der Waals surface area contributed by atoms with Crippen molar-refractivity contribution in [3.05, 3.63) is 122 Å². The molecule has 0 saturated carbocycles. The molecule has 0 amide bonds. The van der Waals surface area contributed by atoms with Crippen LogP contribution in [0.15, 0.2) is 122 Å². The normalized spacial score (nSPS) is 14.9. The second-order valence-electron chi connectivity index (χ2n) is 15.3. The number of phosphoric acid groups is 1. The van der Waals surface area contributed by atoms with Crippen molar-refractivity contribution in [2.75, 3.05) is 54.1 Å². The summed E-state index contributed by atoms with van der Waals surface area (Å²) in [5, 5.41) is 0. The molecule has 0 spiro atoms. The monoisotopic (exact) mass is 840 g/mol. The van der Waals surface area contributed by atoms with Gasteiger partial charge < -0.3 is 27.9 Å². The highest BCUT2D eigenvalue weighted by atomic mass is 31.2. The molecule has 0 aliphatic rings. The van der Waals surface area contributed by atoms with E-state index in [4.69, 9.17) is 18.5 Å². The van der Waals surface area contributed by atoms with Crippen LogP contribution in [0.4, 0.5) is 0 Å². The molecule has 0 rings (SSSR count). The first-order valence-electron chi connectivity index (χ1n) is 22.3. The van der Waals surface area contributed by atoms with Gasteiger partial charge in [-0.15, -0.1) is 0 Å². The largest absolute Gasteiger partial charge is 0.756 e. The molecule has 0 N–H and O–H groups in total. The number of esters is 1. The molecule has 0 radical (unpaired) electrons. The van der Waals surface area contributed by atoms with Crippen LogP contribution in [0, 0.1) is 0 Å². The SMILES string of the molecule is CC/C=C\C/C=C\C/C=C\C/C=C\C/C=C\C/C=C\CCCCCCC(=O)OC(COCCC/C=C\C/C=C\C/C=C\C/C=C\CC)COP(=O)([O-])OCC[N+](C)(C)C. The second-order valence-corrected chi connectivity index (χ2v) is 16.7.